The normalized spacial score (nSPS) is 27.9. The van der Waals surface area contributed by atoms with Crippen LogP contribution in [0.4, 0.5) is 4.39 Å². The van der Waals surface area contributed by atoms with Crippen LogP contribution in [0.5, 0.6) is 0 Å². The van der Waals surface area contributed by atoms with Crippen molar-refractivity contribution < 1.29 is 19.1 Å². The second kappa shape index (κ2) is 4.84. The molecule has 20 heavy (non-hydrogen) atoms. The van der Waals surface area contributed by atoms with E-state index in [0.717, 1.165) is 6.42 Å². The summed E-state index contributed by atoms with van der Waals surface area (Å²) in [5.41, 5.74) is 0.264. The Labute approximate surface area is 123 Å². The smallest absolute Gasteiger partial charge is 0.308 e. The molecule has 1 aromatic rings. The highest BCUT2D eigenvalue weighted by Crippen LogP contribution is 2.42. The molecule has 1 N–H and O–H groups in total. The highest BCUT2D eigenvalue weighted by Gasteiger charge is 2.51. The third-order valence-electron chi connectivity index (χ3n) is 4.20. The lowest BCUT2D eigenvalue weighted by molar-refractivity contribution is -0.142. The predicted molar refractivity (Wildman–Crippen MR) is 72.8 cm³/mol. The maximum atomic E-state index is 13.4. The summed E-state index contributed by atoms with van der Waals surface area (Å²) in [6.45, 7) is 0. The number of hydrogen-bond acceptors (Lipinski definition) is 2. The predicted octanol–water partition coefficient (Wildman–Crippen LogP) is 2.67. The van der Waals surface area contributed by atoms with E-state index in [4.69, 9.17) is 0 Å². The van der Waals surface area contributed by atoms with Crippen LogP contribution in [0.25, 0.3) is 0 Å². The standard InChI is InChI=1S/C14H13BrFNO3/c15-8-3-7(4-9(16)5-8)13(18)17-10-1-2-12(17)11(6-10)14(19)20/h3-5,10-12H,1-2,6H2,(H,19,20). The summed E-state index contributed by atoms with van der Waals surface area (Å²) in [7, 11) is 0. The van der Waals surface area contributed by atoms with E-state index in [1.807, 2.05) is 0 Å². The number of carbonyl (C=O) groups excluding carboxylic acids is 1. The minimum absolute atomic E-state index is 0.0318. The van der Waals surface area contributed by atoms with Crippen LogP contribution in [0.3, 0.4) is 0 Å². The first-order valence-electron chi connectivity index (χ1n) is 6.49. The number of halogens is 2. The fourth-order valence-electron chi connectivity index (χ4n) is 3.40. The molecule has 4 nitrogen and oxygen atoms in total. The first-order valence-corrected chi connectivity index (χ1v) is 7.28. The van der Waals surface area contributed by atoms with Crippen molar-refractivity contribution in [3.8, 4) is 0 Å². The molecule has 2 aliphatic rings. The maximum absolute atomic E-state index is 13.4. The highest BCUT2D eigenvalue weighted by molar-refractivity contribution is 9.10. The average Bonchev–Trinajstić information content (AvgIpc) is 2.94. The quantitative estimate of drug-likeness (QED) is 0.899. The van der Waals surface area contributed by atoms with Gasteiger partial charge >= 0.3 is 5.97 Å². The van der Waals surface area contributed by atoms with Crippen LogP contribution in [-0.4, -0.2) is 34.0 Å². The van der Waals surface area contributed by atoms with Crippen molar-refractivity contribution in [2.75, 3.05) is 0 Å². The van der Waals surface area contributed by atoms with Gasteiger partial charge in [0.2, 0.25) is 0 Å². The zero-order valence-corrected chi connectivity index (χ0v) is 12.1. The van der Waals surface area contributed by atoms with Gasteiger partial charge in [0.1, 0.15) is 5.82 Å². The Hall–Kier alpha value is -1.43. The Balaban J connectivity index is 1.90. The van der Waals surface area contributed by atoms with Crippen molar-refractivity contribution in [3.05, 3.63) is 34.1 Å². The van der Waals surface area contributed by atoms with Crippen molar-refractivity contribution in [3.63, 3.8) is 0 Å². The number of carboxylic acids is 1. The zero-order valence-electron chi connectivity index (χ0n) is 10.6. The average molecular weight is 342 g/mol. The Morgan fingerprint density at radius 3 is 2.65 bits per heavy atom. The van der Waals surface area contributed by atoms with Gasteiger partial charge in [-0.15, -0.1) is 0 Å². The molecule has 3 rings (SSSR count). The molecule has 0 spiro atoms. The van der Waals surface area contributed by atoms with Crippen molar-refractivity contribution in [2.24, 2.45) is 5.92 Å². The molecule has 3 unspecified atom stereocenters. The third-order valence-corrected chi connectivity index (χ3v) is 4.66. The molecule has 0 radical (unpaired) electrons. The van der Waals surface area contributed by atoms with Gasteiger partial charge in [-0.3, -0.25) is 9.59 Å². The SMILES string of the molecule is O=C(O)C1CC2CCC1N2C(=O)c1cc(F)cc(Br)c1. The summed E-state index contributed by atoms with van der Waals surface area (Å²) in [6, 6.07) is 3.76. The number of aliphatic carboxylic acids is 1. The molecule has 1 amide bonds. The van der Waals surface area contributed by atoms with E-state index < -0.39 is 17.7 Å². The molecule has 2 heterocycles. The van der Waals surface area contributed by atoms with Gasteiger partial charge < -0.3 is 10.0 Å². The molecule has 0 saturated carbocycles. The van der Waals surface area contributed by atoms with Gasteiger partial charge in [0.25, 0.3) is 5.91 Å². The van der Waals surface area contributed by atoms with Crippen LogP contribution in [-0.2, 0) is 4.79 Å². The van der Waals surface area contributed by atoms with E-state index in [2.05, 4.69) is 15.9 Å². The largest absolute Gasteiger partial charge is 0.481 e. The maximum Gasteiger partial charge on any atom is 0.308 e. The molecule has 106 valence electrons. The number of benzene rings is 1. The summed E-state index contributed by atoms with van der Waals surface area (Å²) >= 11 is 3.17. The molecule has 0 aliphatic carbocycles. The van der Waals surface area contributed by atoms with Gasteiger partial charge in [0.05, 0.1) is 5.92 Å². The summed E-state index contributed by atoms with van der Waals surface area (Å²) in [5, 5.41) is 9.19. The van der Waals surface area contributed by atoms with Gasteiger partial charge in [-0.1, -0.05) is 15.9 Å². The molecule has 2 saturated heterocycles. The molecule has 0 aromatic heterocycles. The molecule has 2 aliphatic heterocycles. The number of fused-ring (bicyclic) bond motifs is 2. The van der Waals surface area contributed by atoms with Gasteiger partial charge in [-0.25, -0.2) is 4.39 Å². The van der Waals surface area contributed by atoms with Crippen LogP contribution < -0.4 is 0 Å². The lowest BCUT2D eigenvalue weighted by atomic mass is 9.89. The van der Waals surface area contributed by atoms with E-state index >= 15 is 0 Å². The number of amides is 1. The Morgan fingerprint density at radius 1 is 1.30 bits per heavy atom. The van der Waals surface area contributed by atoms with Gasteiger partial charge in [0.15, 0.2) is 0 Å². The summed E-state index contributed by atoms with van der Waals surface area (Å²) in [5.74, 6) is -2.10. The molecule has 2 bridgehead atoms. The van der Waals surface area contributed by atoms with Crippen LogP contribution in [0.2, 0.25) is 0 Å². The third kappa shape index (κ3) is 2.12. The molecular formula is C14H13BrFNO3. The Kier molecular flexibility index (Phi) is 3.28. The van der Waals surface area contributed by atoms with Crippen molar-refractivity contribution in [2.45, 2.75) is 31.3 Å². The summed E-state index contributed by atoms with van der Waals surface area (Å²) in [4.78, 5) is 25.4. The topological polar surface area (TPSA) is 57.6 Å². The van der Waals surface area contributed by atoms with Crippen LogP contribution in [0, 0.1) is 11.7 Å². The van der Waals surface area contributed by atoms with Crippen LogP contribution in [0.15, 0.2) is 22.7 Å². The van der Waals surface area contributed by atoms with Crippen molar-refractivity contribution in [1.82, 2.24) is 4.90 Å². The number of carboxylic acid groups (broad SMARTS) is 1. The number of hydrogen-bond donors (Lipinski definition) is 1. The number of nitrogens with zero attached hydrogens (tertiary/aromatic N) is 1. The van der Waals surface area contributed by atoms with Gasteiger partial charge in [0, 0.05) is 22.1 Å². The van der Waals surface area contributed by atoms with Gasteiger partial charge in [-0.2, -0.15) is 0 Å². The molecule has 1 aromatic carbocycles. The number of rotatable bonds is 2. The first kappa shape index (κ1) is 13.5. The minimum atomic E-state index is -0.851. The summed E-state index contributed by atoms with van der Waals surface area (Å²) in [6.07, 6.45) is 2.04. The molecule has 6 heteroatoms. The monoisotopic (exact) mass is 341 g/mol. The van der Waals surface area contributed by atoms with E-state index in [1.165, 1.54) is 12.1 Å². The van der Waals surface area contributed by atoms with E-state index in [-0.39, 0.29) is 23.6 Å². The molecular weight excluding hydrogens is 329 g/mol. The number of carbonyl (C=O) groups is 2. The Morgan fingerprint density at radius 2 is 2.05 bits per heavy atom. The summed E-state index contributed by atoms with van der Waals surface area (Å²) < 4.78 is 13.9. The second-order valence-corrected chi connectivity index (χ2v) is 6.27. The highest BCUT2D eigenvalue weighted by atomic mass is 79.9. The first-order chi connectivity index (χ1) is 9.47. The lowest BCUT2D eigenvalue weighted by Crippen LogP contribution is -2.37. The van der Waals surface area contributed by atoms with E-state index in [9.17, 15) is 19.1 Å². The zero-order chi connectivity index (χ0) is 14.4. The molecule has 3 atom stereocenters. The fraction of sp³-hybridized carbons (Fsp3) is 0.429. The van der Waals surface area contributed by atoms with Crippen molar-refractivity contribution in [1.29, 1.82) is 0 Å². The molecule has 2 fully saturated rings. The Bertz CT molecular complexity index is 572. The van der Waals surface area contributed by atoms with E-state index in [0.29, 0.717) is 17.3 Å². The van der Waals surface area contributed by atoms with Crippen LogP contribution >= 0.6 is 15.9 Å². The van der Waals surface area contributed by atoms with Gasteiger partial charge in [-0.05, 0) is 37.5 Å². The van der Waals surface area contributed by atoms with Crippen molar-refractivity contribution >= 4 is 27.8 Å². The van der Waals surface area contributed by atoms with E-state index in [1.54, 1.807) is 11.0 Å². The lowest BCUT2D eigenvalue weighted by Gasteiger charge is -2.23. The fourth-order valence-corrected chi connectivity index (χ4v) is 3.86. The second-order valence-electron chi connectivity index (χ2n) is 5.35. The van der Waals surface area contributed by atoms with Crippen LogP contribution in [0.1, 0.15) is 29.6 Å². The minimum Gasteiger partial charge on any atom is -0.481 e.